The van der Waals surface area contributed by atoms with Crippen LogP contribution in [-0.4, -0.2) is 26.5 Å². The van der Waals surface area contributed by atoms with Crippen molar-refractivity contribution in [1.82, 2.24) is 0 Å². The molecule has 1 aliphatic rings. The Labute approximate surface area is 99.7 Å². The molecule has 0 saturated heterocycles. The van der Waals surface area contributed by atoms with Crippen molar-refractivity contribution < 1.29 is 8.42 Å². The number of nitrogens with two attached hydrogens (primary N) is 1. The quantitative estimate of drug-likeness (QED) is 0.780. The van der Waals surface area contributed by atoms with Gasteiger partial charge in [-0.25, -0.2) is 8.42 Å². The normalized spacial score (nSPS) is 26.9. The van der Waals surface area contributed by atoms with E-state index < -0.39 is 9.84 Å². The molecule has 0 radical (unpaired) electrons. The molecule has 96 valence electrons. The van der Waals surface area contributed by atoms with Crippen molar-refractivity contribution in [2.45, 2.75) is 45.4 Å². The van der Waals surface area contributed by atoms with Crippen LogP contribution in [0.5, 0.6) is 0 Å². The molecular weight excluding hydrogens is 222 g/mol. The zero-order valence-electron chi connectivity index (χ0n) is 10.3. The minimum Gasteiger partial charge on any atom is -0.330 e. The van der Waals surface area contributed by atoms with E-state index in [2.05, 4.69) is 0 Å². The Hall–Kier alpha value is -0.0900. The molecule has 0 aliphatic heterocycles. The van der Waals surface area contributed by atoms with Gasteiger partial charge in [-0.1, -0.05) is 26.2 Å². The summed E-state index contributed by atoms with van der Waals surface area (Å²) in [4.78, 5) is 0. The molecule has 0 bridgehead atoms. The molecule has 0 aromatic heterocycles. The standard InChI is InChI=1S/C12H25NO2S/c1-2-16(14,15)9-5-8-11-6-3-4-7-12(11)10-13/h11-12H,2-10,13H2,1H3. The third kappa shape index (κ3) is 4.42. The minimum atomic E-state index is -2.78. The Morgan fingerprint density at radius 2 is 1.81 bits per heavy atom. The lowest BCUT2D eigenvalue weighted by molar-refractivity contribution is 0.229. The highest BCUT2D eigenvalue weighted by Crippen LogP contribution is 2.32. The first-order valence-corrected chi connectivity index (χ1v) is 8.31. The molecule has 1 aliphatic carbocycles. The second-order valence-corrected chi connectivity index (χ2v) is 7.39. The van der Waals surface area contributed by atoms with E-state index in [1.54, 1.807) is 6.92 Å². The van der Waals surface area contributed by atoms with Crippen molar-refractivity contribution in [2.75, 3.05) is 18.1 Å². The highest BCUT2D eigenvalue weighted by Gasteiger charge is 2.23. The molecule has 2 atom stereocenters. The molecule has 0 heterocycles. The molecule has 0 amide bonds. The predicted molar refractivity (Wildman–Crippen MR) is 68.1 cm³/mol. The molecule has 4 heteroatoms. The molecule has 1 saturated carbocycles. The lowest BCUT2D eigenvalue weighted by atomic mass is 9.77. The van der Waals surface area contributed by atoms with Crippen LogP contribution >= 0.6 is 0 Å². The van der Waals surface area contributed by atoms with Crippen LogP contribution in [0, 0.1) is 11.8 Å². The van der Waals surface area contributed by atoms with Crippen LogP contribution < -0.4 is 5.73 Å². The Balaban J connectivity index is 2.30. The average Bonchev–Trinajstić information content (AvgIpc) is 2.29. The minimum absolute atomic E-state index is 0.276. The maximum atomic E-state index is 11.4. The number of sulfone groups is 1. The number of hydrogen-bond acceptors (Lipinski definition) is 3. The topological polar surface area (TPSA) is 60.2 Å². The maximum Gasteiger partial charge on any atom is 0.150 e. The van der Waals surface area contributed by atoms with Crippen molar-refractivity contribution in [3.05, 3.63) is 0 Å². The van der Waals surface area contributed by atoms with Crippen molar-refractivity contribution in [3.63, 3.8) is 0 Å². The number of rotatable bonds is 6. The highest BCUT2D eigenvalue weighted by molar-refractivity contribution is 7.91. The summed E-state index contributed by atoms with van der Waals surface area (Å²) in [6.07, 6.45) is 6.93. The fraction of sp³-hybridized carbons (Fsp3) is 1.00. The first-order chi connectivity index (χ1) is 7.59. The van der Waals surface area contributed by atoms with Crippen LogP contribution in [-0.2, 0) is 9.84 Å². The van der Waals surface area contributed by atoms with Crippen LogP contribution in [0.15, 0.2) is 0 Å². The van der Waals surface area contributed by atoms with Gasteiger partial charge in [0.1, 0.15) is 9.84 Å². The molecule has 16 heavy (non-hydrogen) atoms. The van der Waals surface area contributed by atoms with Crippen molar-refractivity contribution >= 4 is 9.84 Å². The van der Waals surface area contributed by atoms with Crippen LogP contribution in [0.25, 0.3) is 0 Å². The second kappa shape index (κ2) is 6.60. The molecule has 2 unspecified atom stereocenters. The maximum absolute atomic E-state index is 11.4. The summed E-state index contributed by atoms with van der Waals surface area (Å²) in [5.41, 5.74) is 5.76. The first-order valence-electron chi connectivity index (χ1n) is 6.49. The predicted octanol–water partition coefficient (Wildman–Crippen LogP) is 1.97. The van der Waals surface area contributed by atoms with E-state index in [1.165, 1.54) is 25.7 Å². The van der Waals surface area contributed by atoms with Gasteiger partial charge < -0.3 is 5.73 Å². The molecular formula is C12H25NO2S. The van der Waals surface area contributed by atoms with Crippen LogP contribution in [0.2, 0.25) is 0 Å². The average molecular weight is 247 g/mol. The van der Waals surface area contributed by atoms with Crippen LogP contribution in [0.1, 0.15) is 45.4 Å². The largest absolute Gasteiger partial charge is 0.330 e. The van der Waals surface area contributed by atoms with E-state index in [0.717, 1.165) is 19.4 Å². The van der Waals surface area contributed by atoms with Crippen molar-refractivity contribution in [1.29, 1.82) is 0 Å². The van der Waals surface area contributed by atoms with E-state index in [0.29, 0.717) is 17.6 Å². The highest BCUT2D eigenvalue weighted by atomic mass is 32.2. The lowest BCUT2D eigenvalue weighted by Gasteiger charge is -2.30. The summed E-state index contributed by atoms with van der Waals surface area (Å²) in [5, 5.41) is 0. The van der Waals surface area contributed by atoms with Crippen LogP contribution in [0.3, 0.4) is 0 Å². The molecule has 0 spiro atoms. The van der Waals surface area contributed by atoms with Gasteiger partial charge >= 0.3 is 0 Å². The van der Waals surface area contributed by atoms with Gasteiger partial charge in [-0.15, -0.1) is 0 Å². The summed E-state index contributed by atoms with van der Waals surface area (Å²) in [6, 6.07) is 0. The molecule has 1 rings (SSSR count). The van der Waals surface area contributed by atoms with E-state index in [-0.39, 0.29) is 5.75 Å². The van der Waals surface area contributed by atoms with Gasteiger partial charge in [0.2, 0.25) is 0 Å². The molecule has 0 aromatic carbocycles. The summed E-state index contributed by atoms with van der Waals surface area (Å²) in [7, 11) is -2.78. The first kappa shape index (κ1) is 14.0. The second-order valence-electron chi connectivity index (χ2n) is 4.92. The monoisotopic (exact) mass is 247 g/mol. The summed E-state index contributed by atoms with van der Waals surface area (Å²) < 4.78 is 22.7. The van der Waals surface area contributed by atoms with Gasteiger partial charge in [0.25, 0.3) is 0 Å². The Bertz CT molecular complexity index is 287. The van der Waals surface area contributed by atoms with Gasteiger partial charge in [-0.2, -0.15) is 0 Å². The van der Waals surface area contributed by atoms with Crippen molar-refractivity contribution in [3.8, 4) is 0 Å². The fourth-order valence-corrected chi connectivity index (χ4v) is 3.58. The van der Waals surface area contributed by atoms with Gasteiger partial charge in [-0.05, 0) is 37.6 Å². The number of hydrogen-bond donors (Lipinski definition) is 1. The molecule has 3 nitrogen and oxygen atoms in total. The van der Waals surface area contributed by atoms with Gasteiger partial charge in [0.15, 0.2) is 0 Å². The lowest BCUT2D eigenvalue weighted by Crippen LogP contribution is -2.27. The van der Waals surface area contributed by atoms with Gasteiger partial charge in [-0.3, -0.25) is 0 Å². The molecule has 2 N–H and O–H groups in total. The summed E-state index contributed by atoms with van der Waals surface area (Å²) in [6.45, 7) is 2.49. The summed E-state index contributed by atoms with van der Waals surface area (Å²) in [5.74, 6) is 1.94. The van der Waals surface area contributed by atoms with Gasteiger partial charge in [0, 0.05) is 5.75 Å². The fourth-order valence-electron chi connectivity index (χ4n) is 2.68. The summed E-state index contributed by atoms with van der Waals surface area (Å²) >= 11 is 0. The SMILES string of the molecule is CCS(=O)(=O)CCCC1CCCCC1CN. The smallest absolute Gasteiger partial charge is 0.150 e. The molecule has 0 aromatic rings. The van der Waals surface area contributed by atoms with E-state index in [4.69, 9.17) is 5.73 Å². The van der Waals surface area contributed by atoms with Gasteiger partial charge in [0.05, 0.1) is 5.75 Å². The zero-order valence-corrected chi connectivity index (χ0v) is 11.1. The van der Waals surface area contributed by atoms with E-state index in [1.807, 2.05) is 0 Å². The Morgan fingerprint density at radius 1 is 1.19 bits per heavy atom. The van der Waals surface area contributed by atoms with E-state index in [9.17, 15) is 8.42 Å². The Morgan fingerprint density at radius 3 is 2.38 bits per heavy atom. The van der Waals surface area contributed by atoms with Crippen LogP contribution in [0.4, 0.5) is 0 Å². The third-order valence-electron chi connectivity index (χ3n) is 3.84. The third-order valence-corrected chi connectivity index (χ3v) is 5.63. The van der Waals surface area contributed by atoms with E-state index >= 15 is 0 Å². The zero-order chi connectivity index (χ0) is 12.0. The molecule has 1 fully saturated rings. The Kier molecular flexibility index (Phi) is 5.76. The van der Waals surface area contributed by atoms with Crippen molar-refractivity contribution in [2.24, 2.45) is 17.6 Å².